The van der Waals surface area contributed by atoms with Gasteiger partial charge in [0.2, 0.25) is 0 Å². The standard InChI is InChI=1S/C84H52BN9S/c1-5-22-55(23-6-1)79-86-80(56-24-7-2-8-25-56)89-83(88-79)59-46-50-69(94-68-34-17-13-31-64(68)76-72(94)51-49-63-62-30-14-20-39-75(62)95-78(63)76)65(52-59)84-90-81(57-26-9-3-10-27-57)87-82(91-84)58-42-40-53(41-43-58)54-44-47-61(48-45-54)93-71-36-19-16-33-67(71)85-66-32-15-18-35-70(66)92(60-28-11-4-12-29-60)73-37-21-38-74(93)77(73)85/h1-52H. The SMILES string of the molecule is c1ccc(-c2nc(-c3ccccc3)nc(-c3ccc(-n4c5ccccc5c5c6sc7ccccc7c6ccc54)c(-c4nc(-c5ccccc5)nc(-c5ccc(-c6ccc(N7c8ccccc8B8c9ccccc9N(c9ccccc9)c9cccc7c98)cc6)cc5)n4)c3)n2)cc1. The lowest BCUT2D eigenvalue weighted by molar-refractivity contribution is 1.06. The number of rotatable bonds is 10. The van der Waals surface area contributed by atoms with Gasteiger partial charge in [0.25, 0.3) is 6.71 Å². The molecule has 95 heavy (non-hydrogen) atoms. The molecule has 4 aromatic heterocycles. The van der Waals surface area contributed by atoms with Crippen LogP contribution in [0.15, 0.2) is 315 Å². The Kier molecular flexibility index (Phi) is 12.7. The number of aromatic nitrogens is 7. The number of hydrogen-bond donors (Lipinski definition) is 0. The van der Waals surface area contributed by atoms with Gasteiger partial charge in [-0.15, -0.1) is 11.3 Å². The van der Waals surface area contributed by atoms with E-state index in [9.17, 15) is 0 Å². The predicted octanol–water partition coefficient (Wildman–Crippen LogP) is 19.3. The Morgan fingerprint density at radius 2 is 0.705 bits per heavy atom. The highest BCUT2D eigenvalue weighted by molar-refractivity contribution is 7.26. The molecule has 0 amide bonds. The second-order valence-electron chi connectivity index (χ2n) is 24.1. The Labute approximate surface area is 552 Å². The van der Waals surface area contributed by atoms with Crippen LogP contribution < -0.4 is 26.2 Å². The second kappa shape index (κ2) is 22.2. The molecule has 2 aliphatic rings. The van der Waals surface area contributed by atoms with E-state index >= 15 is 0 Å². The monoisotopic (exact) mass is 1230 g/mol. The van der Waals surface area contributed by atoms with Crippen LogP contribution in [0.1, 0.15) is 0 Å². The van der Waals surface area contributed by atoms with E-state index in [4.69, 9.17) is 29.9 Å². The first-order chi connectivity index (χ1) is 47.1. The summed E-state index contributed by atoms with van der Waals surface area (Å²) in [6.45, 7) is 0.0717. The maximum Gasteiger partial charge on any atom is 0.252 e. The molecule has 0 fully saturated rings. The van der Waals surface area contributed by atoms with Gasteiger partial charge in [0, 0.05) is 98.4 Å². The molecule has 0 saturated heterocycles. The van der Waals surface area contributed by atoms with Crippen molar-refractivity contribution < 1.29 is 0 Å². The van der Waals surface area contributed by atoms with Crippen LogP contribution in [0.2, 0.25) is 0 Å². The molecule has 11 heteroatoms. The predicted molar refractivity (Wildman–Crippen MR) is 393 cm³/mol. The molecule has 0 saturated carbocycles. The maximum atomic E-state index is 5.54. The number of para-hydroxylation sites is 4. The first kappa shape index (κ1) is 54.3. The van der Waals surface area contributed by atoms with Gasteiger partial charge in [0.05, 0.1) is 16.7 Å². The molecule has 0 atom stereocenters. The maximum absolute atomic E-state index is 5.54. The average molecular weight is 1230 g/mol. The fraction of sp³-hybridized carbons (Fsp3) is 0. The minimum Gasteiger partial charge on any atom is -0.311 e. The van der Waals surface area contributed by atoms with Gasteiger partial charge in [-0.05, 0) is 112 Å². The lowest BCUT2D eigenvalue weighted by Gasteiger charge is -2.44. The second-order valence-corrected chi connectivity index (χ2v) is 25.2. The Balaban J connectivity index is 0.748. The van der Waals surface area contributed by atoms with Crippen molar-refractivity contribution in [2.24, 2.45) is 0 Å². The lowest BCUT2D eigenvalue weighted by Crippen LogP contribution is -2.61. The quantitative estimate of drug-likeness (QED) is 0.125. The van der Waals surface area contributed by atoms with E-state index in [1.807, 2.05) is 90.2 Å². The van der Waals surface area contributed by atoms with Crippen molar-refractivity contribution in [3.05, 3.63) is 315 Å². The number of hydrogen-bond acceptors (Lipinski definition) is 9. The third-order valence-corrected chi connectivity index (χ3v) is 19.9. The Morgan fingerprint density at radius 1 is 0.274 bits per heavy atom. The summed E-state index contributed by atoms with van der Waals surface area (Å²) >= 11 is 1.84. The molecule has 19 rings (SSSR count). The van der Waals surface area contributed by atoms with E-state index in [0.717, 1.165) is 78.0 Å². The largest absolute Gasteiger partial charge is 0.311 e. The van der Waals surface area contributed by atoms with E-state index in [1.165, 1.54) is 64.7 Å². The summed E-state index contributed by atoms with van der Waals surface area (Å²) in [4.78, 5) is 36.7. The summed E-state index contributed by atoms with van der Waals surface area (Å²) in [5.74, 6) is 3.27. The number of anilines is 6. The normalized spacial score (nSPS) is 12.4. The average Bonchev–Trinajstić information content (AvgIpc) is 1.36. The van der Waals surface area contributed by atoms with Crippen molar-refractivity contribution >= 4 is 111 Å². The van der Waals surface area contributed by atoms with Crippen molar-refractivity contribution in [2.45, 2.75) is 0 Å². The van der Waals surface area contributed by atoms with Crippen LogP contribution in [0.5, 0.6) is 0 Å². The summed E-state index contributed by atoms with van der Waals surface area (Å²) in [7, 11) is 0. The first-order valence-corrected chi connectivity index (χ1v) is 32.8. The smallest absolute Gasteiger partial charge is 0.252 e. The zero-order chi connectivity index (χ0) is 62.5. The van der Waals surface area contributed by atoms with Crippen LogP contribution in [-0.4, -0.2) is 41.2 Å². The van der Waals surface area contributed by atoms with Gasteiger partial charge in [-0.3, -0.25) is 0 Å². The summed E-state index contributed by atoms with van der Waals surface area (Å²) in [5.41, 5.74) is 21.1. The molecule has 0 aliphatic carbocycles. The van der Waals surface area contributed by atoms with Crippen LogP contribution >= 0.6 is 11.3 Å². The van der Waals surface area contributed by atoms with Crippen LogP contribution in [0.25, 0.3) is 127 Å². The molecule has 6 heterocycles. The number of fused-ring (bicyclic) bond motifs is 11. The van der Waals surface area contributed by atoms with E-state index < -0.39 is 0 Å². The molecule has 17 aromatic rings. The molecule has 0 N–H and O–H groups in total. The van der Waals surface area contributed by atoms with Crippen molar-refractivity contribution in [1.29, 1.82) is 0 Å². The van der Waals surface area contributed by atoms with Crippen LogP contribution in [0.4, 0.5) is 34.1 Å². The topological polar surface area (TPSA) is 88.8 Å². The van der Waals surface area contributed by atoms with Gasteiger partial charge >= 0.3 is 0 Å². The zero-order valence-electron chi connectivity index (χ0n) is 51.0. The molecule has 9 nitrogen and oxygen atoms in total. The minimum atomic E-state index is 0.0717. The minimum absolute atomic E-state index is 0.0717. The van der Waals surface area contributed by atoms with E-state index in [-0.39, 0.29) is 6.71 Å². The number of benzene rings is 13. The van der Waals surface area contributed by atoms with Crippen LogP contribution in [0, 0.1) is 0 Å². The highest BCUT2D eigenvalue weighted by Gasteiger charge is 2.43. The first-order valence-electron chi connectivity index (χ1n) is 32.0. The number of thiophene rings is 1. The Bertz CT molecular complexity index is 5810. The molecule has 0 bridgehead atoms. The molecular formula is C84H52BN9S. The van der Waals surface area contributed by atoms with Crippen molar-refractivity contribution in [3.8, 4) is 85.1 Å². The molecule has 0 spiro atoms. The molecule has 0 radical (unpaired) electrons. The van der Waals surface area contributed by atoms with Crippen molar-refractivity contribution in [2.75, 3.05) is 9.80 Å². The molecule has 13 aromatic carbocycles. The fourth-order valence-electron chi connectivity index (χ4n) is 14.4. The molecular weight excluding hydrogens is 1180 g/mol. The van der Waals surface area contributed by atoms with E-state index in [0.29, 0.717) is 34.9 Å². The van der Waals surface area contributed by atoms with Crippen molar-refractivity contribution in [3.63, 3.8) is 0 Å². The third kappa shape index (κ3) is 9.00. The summed E-state index contributed by atoms with van der Waals surface area (Å²) < 4.78 is 4.89. The lowest BCUT2D eigenvalue weighted by atomic mass is 9.33. The number of nitrogens with zero attached hydrogens (tertiary/aromatic N) is 9. The molecule has 0 unspecified atom stereocenters. The van der Waals surface area contributed by atoms with Gasteiger partial charge in [0.15, 0.2) is 34.9 Å². The summed E-state index contributed by atoms with van der Waals surface area (Å²) in [6.07, 6.45) is 0. The highest BCUT2D eigenvalue weighted by Crippen LogP contribution is 2.47. The Hall–Kier alpha value is -12.4. The van der Waals surface area contributed by atoms with E-state index in [2.05, 4.69) is 251 Å². The van der Waals surface area contributed by atoms with Gasteiger partial charge in [0.1, 0.15) is 0 Å². The van der Waals surface area contributed by atoms with Gasteiger partial charge < -0.3 is 14.4 Å². The molecule has 2 aliphatic heterocycles. The van der Waals surface area contributed by atoms with Gasteiger partial charge in [-0.25, -0.2) is 29.9 Å². The third-order valence-electron chi connectivity index (χ3n) is 18.7. The van der Waals surface area contributed by atoms with Crippen LogP contribution in [0.3, 0.4) is 0 Å². The van der Waals surface area contributed by atoms with Crippen LogP contribution in [-0.2, 0) is 0 Å². The van der Waals surface area contributed by atoms with Gasteiger partial charge in [-0.1, -0.05) is 231 Å². The molecule has 442 valence electrons. The summed E-state index contributed by atoms with van der Waals surface area (Å²) in [5, 5.41) is 4.87. The highest BCUT2D eigenvalue weighted by atomic mass is 32.1. The zero-order valence-corrected chi connectivity index (χ0v) is 51.8. The fourth-order valence-corrected chi connectivity index (χ4v) is 15.7. The van der Waals surface area contributed by atoms with Crippen molar-refractivity contribution in [1.82, 2.24) is 34.5 Å². The summed E-state index contributed by atoms with van der Waals surface area (Å²) in [6, 6.07) is 112. The Morgan fingerprint density at radius 3 is 1.29 bits per heavy atom. The van der Waals surface area contributed by atoms with Gasteiger partial charge in [-0.2, -0.15) is 0 Å². The van der Waals surface area contributed by atoms with E-state index in [1.54, 1.807) is 0 Å².